The van der Waals surface area contributed by atoms with Gasteiger partial charge >= 0.3 is 5.97 Å². The molecule has 0 aliphatic rings. The van der Waals surface area contributed by atoms with E-state index in [0.29, 0.717) is 38.9 Å². The van der Waals surface area contributed by atoms with Crippen LogP contribution in [0.15, 0.2) is 49.2 Å². The molecule has 162 valence electrons. The van der Waals surface area contributed by atoms with E-state index in [2.05, 4.69) is 41.9 Å². The molecule has 0 unspecified atom stereocenters. The zero-order valence-corrected chi connectivity index (χ0v) is 19.9. The van der Waals surface area contributed by atoms with E-state index in [4.69, 9.17) is 14.6 Å². The van der Waals surface area contributed by atoms with Crippen molar-refractivity contribution in [2.24, 2.45) is 5.10 Å². The molecule has 0 aliphatic heterocycles. The van der Waals surface area contributed by atoms with Gasteiger partial charge in [-0.05, 0) is 36.8 Å². The Labute approximate surface area is 194 Å². The minimum atomic E-state index is -1.13. The van der Waals surface area contributed by atoms with Crippen LogP contribution in [0.4, 0.5) is 0 Å². The van der Waals surface area contributed by atoms with Crippen molar-refractivity contribution in [2.75, 3.05) is 13.7 Å². The number of carboxylic acid groups (broad SMARTS) is 1. The molecule has 0 spiro atoms. The Morgan fingerprint density at radius 3 is 2.71 bits per heavy atom. The summed E-state index contributed by atoms with van der Waals surface area (Å²) in [6.07, 6.45) is 2.76. The number of carbonyl (C=O) groups is 1. The fourth-order valence-electron chi connectivity index (χ4n) is 2.94. The lowest BCUT2D eigenvalue weighted by Crippen LogP contribution is -2.22. The number of rotatable bonds is 8. The largest absolute Gasteiger partial charge is 0.493 e. The summed E-state index contributed by atoms with van der Waals surface area (Å²) >= 11 is 6.77. The second-order valence-electron chi connectivity index (χ2n) is 6.51. The number of halogens is 2. The summed E-state index contributed by atoms with van der Waals surface area (Å²) in [7, 11) is 1.45. The average molecular weight is 553 g/mol. The molecule has 1 aromatic heterocycles. The summed E-state index contributed by atoms with van der Waals surface area (Å²) in [6, 6.07) is 8.66. The summed E-state index contributed by atoms with van der Waals surface area (Å²) in [5, 5.41) is 13.8. The molecule has 0 fully saturated rings. The third kappa shape index (κ3) is 5.31. The van der Waals surface area contributed by atoms with Crippen molar-refractivity contribution in [3.05, 3.63) is 61.0 Å². The fraction of sp³-hybridized carbons (Fsp3) is 0.238. The summed E-state index contributed by atoms with van der Waals surface area (Å²) in [6.45, 7) is 1.44. The Hall–Kier alpha value is -2.72. The number of benzene rings is 2. The number of hydrogen-bond donors (Lipinski definition) is 1. The third-order valence-corrected chi connectivity index (χ3v) is 5.22. The molecule has 0 atom stereocenters. The highest BCUT2D eigenvalue weighted by Crippen LogP contribution is 2.34. The first-order valence-corrected chi connectivity index (χ1v) is 10.9. The number of aliphatic carboxylic acids is 1. The van der Waals surface area contributed by atoms with Gasteiger partial charge in [0.1, 0.15) is 5.82 Å². The molecule has 0 saturated heterocycles. The van der Waals surface area contributed by atoms with Crippen molar-refractivity contribution in [1.82, 2.24) is 9.66 Å². The van der Waals surface area contributed by atoms with Crippen LogP contribution in [-0.4, -0.2) is 40.7 Å². The van der Waals surface area contributed by atoms with Gasteiger partial charge in [-0.2, -0.15) is 9.78 Å². The summed E-state index contributed by atoms with van der Waals surface area (Å²) in [4.78, 5) is 28.7. The second kappa shape index (κ2) is 10.1. The lowest BCUT2D eigenvalue weighted by atomic mass is 10.2. The highest BCUT2D eigenvalue weighted by molar-refractivity contribution is 9.10. The molecule has 0 radical (unpaired) electrons. The van der Waals surface area contributed by atoms with Gasteiger partial charge in [0, 0.05) is 20.9 Å². The zero-order chi connectivity index (χ0) is 22.5. The average Bonchev–Trinajstić information content (AvgIpc) is 2.73. The molecule has 0 bridgehead atoms. The Morgan fingerprint density at radius 2 is 2.03 bits per heavy atom. The third-order valence-electron chi connectivity index (χ3n) is 4.27. The fourth-order valence-corrected chi connectivity index (χ4v) is 3.76. The van der Waals surface area contributed by atoms with Crippen molar-refractivity contribution in [2.45, 2.75) is 19.8 Å². The Kier molecular flexibility index (Phi) is 7.45. The summed E-state index contributed by atoms with van der Waals surface area (Å²) in [5.41, 5.74) is 0.731. The number of aromatic nitrogens is 2. The van der Waals surface area contributed by atoms with Gasteiger partial charge in [0.15, 0.2) is 18.1 Å². The molecule has 2 aromatic carbocycles. The highest BCUT2D eigenvalue weighted by Gasteiger charge is 2.15. The lowest BCUT2D eigenvalue weighted by molar-refractivity contribution is -0.139. The predicted molar refractivity (Wildman–Crippen MR) is 125 cm³/mol. The molecule has 1 N–H and O–H groups in total. The maximum atomic E-state index is 13.1. The van der Waals surface area contributed by atoms with Gasteiger partial charge < -0.3 is 14.6 Å². The summed E-state index contributed by atoms with van der Waals surface area (Å²) in [5.74, 6) is -0.0654. The van der Waals surface area contributed by atoms with Crippen molar-refractivity contribution in [1.29, 1.82) is 0 Å². The van der Waals surface area contributed by atoms with E-state index in [1.54, 1.807) is 24.3 Å². The van der Waals surface area contributed by atoms with E-state index < -0.39 is 12.6 Å². The number of nitrogens with zero attached hydrogens (tertiary/aromatic N) is 3. The maximum absolute atomic E-state index is 13.1. The second-order valence-corrected chi connectivity index (χ2v) is 8.34. The van der Waals surface area contributed by atoms with E-state index in [1.165, 1.54) is 18.0 Å². The highest BCUT2D eigenvalue weighted by atomic mass is 79.9. The van der Waals surface area contributed by atoms with Crippen LogP contribution in [0.3, 0.4) is 0 Å². The molecule has 8 nitrogen and oxygen atoms in total. The monoisotopic (exact) mass is 551 g/mol. The molecule has 0 saturated carbocycles. The van der Waals surface area contributed by atoms with E-state index >= 15 is 0 Å². The van der Waals surface area contributed by atoms with Crippen molar-refractivity contribution in [3.8, 4) is 11.5 Å². The number of hydrogen-bond acceptors (Lipinski definition) is 6. The lowest BCUT2D eigenvalue weighted by Gasteiger charge is -2.13. The zero-order valence-electron chi connectivity index (χ0n) is 16.8. The van der Waals surface area contributed by atoms with Crippen LogP contribution in [0.25, 0.3) is 10.9 Å². The smallest absolute Gasteiger partial charge is 0.341 e. The first-order valence-electron chi connectivity index (χ1n) is 9.31. The van der Waals surface area contributed by atoms with Gasteiger partial charge in [-0.15, -0.1) is 0 Å². The molecule has 0 amide bonds. The van der Waals surface area contributed by atoms with Gasteiger partial charge in [0.25, 0.3) is 5.56 Å². The van der Waals surface area contributed by atoms with E-state index in [1.807, 2.05) is 13.0 Å². The SMILES string of the molecule is CCCc1nc2ccc(Br)cc2c(=O)n1N=Cc1cc(Br)cc(OC)c1OCC(=O)O. The molecule has 0 aliphatic carbocycles. The number of carboxylic acids is 1. The quantitative estimate of drug-likeness (QED) is 0.419. The molecular weight excluding hydrogens is 534 g/mol. The van der Waals surface area contributed by atoms with Crippen LogP contribution in [0, 0.1) is 0 Å². The van der Waals surface area contributed by atoms with Gasteiger partial charge in [0.05, 0.1) is 24.2 Å². The molecule has 10 heteroatoms. The number of methoxy groups -OCH3 is 1. The van der Waals surface area contributed by atoms with Crippen LogP contribution >= 0.6 is 31.9 Å². The Bertz CT molecular complexity index is 1220. The predicted octanol–water partition coefficient (Wildman–Crippen LogP) is 4.23. The Morgan fingerprint density at radius 1 is 1.26 bits per heavy atom. The van der Waals surface area contributed by atoms with Crippen LogP contribution in [0.1, 0.15) is 24.7 Å². The van der Waals surface area contributed by atoms with Crippen LogP contribution in [-0.2, 0) is 11.2 Å². The van der Waals surface area contributed by atoms with E-state index in [9.17, 15) is 9.59 Å². The minimum Gasteiger partial charge on any atom is -0.493 e. The Balaban J connectivity index is 2.15. The van der Waals surface area contributed by atoms with Crippen LogP contribution in [0.5, 0.6) is 11.5 Å². The maximum Gasteiger partial charge on any atom is 0.341 e. The molecule has 31 heavy (non-hydrogen) atoms. The molecule has 1 heterocycles. The first kappa shape index (κ1) is 23.0. The van der Waals surface area contributed by atoms with Crippen molar-refractivity contribution < 1.29 is 19.4 Å². The minimum absolute atomic E-state index is 0.207. The standard InChI is InChI=1S/C21H19Br2N3O5/c1-3-4-18-25-16-6-5-13(22)8-15(16)21(29)26(18)24-10-12-7-14(23)9-17(30-2)20(12)31-11-19(27)28/h5-10H,3-4,11H2,1-2H3,(H,27,28). The van der Waals surface area contributed by atoms with Crippen LogP contribution < -0.4 is 15.0 Å². The van der Waals surface area contributed by atoms with Gasteiger partial charge in [-0.1, -0.05) is 38.8 Å². The summed E-state index contributed by atoms with van der Waals surface area (Å²) < 4.78 is 13.4. The number of ether oxygens (including phenoxy) is 2. The topological polar surface area (TPSA) is 103 Å². The van der Waals surface area contributed by atoms with Crippen LogP contribution in [0.2, 0.25) is 0 Å². The van der Waals surface area contributed by atoms with E-state index in [0.717, 1.165) is 10.9 Å². The van der Waals surface area contributed by atoms with Gasteiger partial charge in [-0.25, -0.2) is 9.78 Å². The molecule has 3 rings (SSSR count). The molecular formula is C21H19Br2N3O5. The first-order chi connectivity index (χ1) is 14.8. The van der Waals surface area contributed by atoms with E-state index in [-0.39, 0.29) is 11.3 Å². The van der Waals surface area contributed by atoms with Crippen molar-refractivity contribution in [3.63, 3.8) is 0 Å². The molecule has 3 aromatic rings. The number of fused-ring (bicyclic) bond motifs is 1. The van der Waals surface area contributed by atoms with Gasteiger partial charge in [-0.3, -0.25) is 4.79 Å². The van der Waals surface area contributed by atoms with Gasteiger partial charge in [0.2, 0.25) is 0 Å². The van der Waals surface area contributed by atoms with Crippen molar-refractivity contribution >= 4 is 54.9 Å². The normalized spacial score (nSPS) is 11.2. The number of aryl methyl sites for hydroxylation is 1.